The van der Waals surface area contributed by atoms with Crippen molar-refractivity contribution in [1.82, 2.24) is 4.98 Å². The number of nitrogen functional groups attached to an aromatic ring is 1. The molecule has 0 amide bonds. The van der Waals surface area contributed by atoms with Crippen molar-refractivity contribution in [3.63, 3.8) is 0 Å². The number of methoxy groups -OCH3 is 1. The fourth-order valence-corrected chi connectivity index (χ4v) is 1.60. The molecule has 1 heterocycles. The Balaban J connectivity index is 3.07. The number of hydrogen-bond acceptors (Lipinski definition) is 4. The summed E-state index contributed by atoms with van der Waals surface area (Å²) in [5, 5.41) is 0. The van der Waals surface area contributed by atoms with Gasteiger partial charge in [0.15, 0.2) is 5.82 Å². The van der Waals surface area contributed by atoms with Crippen LogP contribution in [-0.4, -0.2) is 25.2 Å². The van der Waals surface area contributed by atoms with E-state index in [1.54, 1.807) is 13.2 Å². The molecule has 1 atom stereocenters. The van der Waals surface area contributed by atoms with Crippen molar-refractivity contribution in [1.29, 1.82) is 0 Å². The Bertz CT molecular complexity index is 385. The Morgan fingerprint density at radius 1 is 1.35 bits per heavy atom. The van der Waals surface area contributed by atoms with E-state index in [9.17, 15) is 0 Å². The van der Waals surface area contributed by atoms with Gasteiger partial charge in [-0.25, -0.2) is 0 Å². The van der Waals surface area contributed by atoms with Crippen LogP contribution < -0.4 is 15.4 Å². The average Bonchev–Trinajstić information content (AvgIpc) is 2.26. The van der Waals surface area contributed by atoms with Crippen molar-refractivity contribution in [2.75, 3.05) is 24.8 Å². The van der Waals surface area contributed by atoms with Gasteiger partial charge in [-0.1, -0.05) is 20.8 Å². The van der Waals surface area contributed by atoms with Gasteiger partial charge in [0.2, 0.25) is 5.88 Å². The van der Waals surface area contributed by atoms with E-state index in [0.29, 0.717) is 17.6 Å². The van der Waals surface area contributed by atoms with Crippen LogP contribution in [0, 0.1) is 5.41 Å². The van der Waals surface area contributed by atoms with Crippen LogP contribution in [0.15, 0.2) is 12.1 Å². The first kappa shape index (κ1) is 13.6. The first-order chi connectivity index (χ1) is 7.77. The largest absolute Gasteiger partial charge is 0.481 e. The molecular weight excluding hydrogens is 214 g/mol. The Morgan fingerprint density at radius 3 is 2.41 bits per heavy atom. The highest BCUT2D eigenvalue weighted by Crippen LogP contribution is 2.30. The van der Waals surface area contributed by atoms with Gasteiger partial charge < -0.3 is 15.4 Å². The number of nitrogens with two attached hydrogens (primary N) is 1. The highest BCUT2D eigenvalue weighted by atomic mass is 16.5. The molecule has 0 saturated carbocycles. The first-order valence-electron chi connectivity index (χ1n) is 5.80. The Kier molecular flexibility index (Phi) is 3.86. The molecule has 0 spiro atoms. The molecule has 4 heteroatoms. The van der Waals surface area contributed by atoms with Gasteiger partial charge in [0.05, 0.1) is 12.8 Å². The van der Waals surface area contributed by atoms with Crippen molar-refractivity contribution in [2.24, 2.45) is 5.41 Å². The molecule has 1 aromatic rings. The second kappa shape index (κ2) is 4.82. The molecule has 1 aromatic heterocycles. The number of ether oxygens (including phenoxy) is 1. The summed E-state index contributed by atoms with van der Waals surface area (Å²) in [4.78, 5) is 6.50. The summed E-state index contributed by atoms with van der Waals surface area (Å²) in [6.07, 6.45) is 0. The van der Waals surface area contributed by atoms with Crippen molar-refractivity contribution in [3.05, 3.63) is 12.1 Å². The highest BCUT2D eigenvalue weighted by molar-refractivity contribution is 5.63. The SMILES string of the molecule is COc1ccc(N)c(N(C)C(C)C(C)(C)C)n1. The van der Waals surface area contributed by atoms with Crippen molar-refractivity contribution >= 4 is 11.5 Å². The molecule has 0 aliphatic carbocycles. The standard InChI is InChI=1S/C13H23N3O/c1-9(13(2,3)4)16(5)12-10(14)7-8-11(15-12)17-6/h7-9H,14H2,1-6H3. The maximum absolute atomic E-state index is 5.97. The number of nitrogens with zero attached hydrogens (tertiary/aromatic N) is 2. The van der Waals surface area contributed by atoms with Crippen molar-refractivity contribution in [3.8, 4) is 5.88 Å². The number of rotatable bonds is 3. The molecule has 0 aliphatic rings. The predicted molar refractivity (Wildman–Crippen MR) is 72.5 cm³/mol. The maximum Gasteiger partial charge on any atom is 0.215 e. The van der Waals surface area contributed by atoms with E-state index in [0.717, 1.165) is 5.82 Å². The number of anilines is 2. The van der Waals surface area contributed by atoms with E-state index >= 15 is 0 Å². The highest BCUT2D eigenvalue weighted by Gasteiger charge is 2.26. The summed E-state index contributed by atoms with van der Waals surface area (Å²) in [5.41, 5.74) is 6.80. The fourth-order valence-electron chi connectivity index (χ4n) is 1.60. The molecule has 0 fully saturated rings. The minimum absolute atomic E-state index is 0.159. The Labute approximate surface area is 104 Å². The molecule has 0 radical (unpaired) electrons. The Hall–Kier alpha value is -1.45. The molecule has 1 unspecified atom stereocenters. The normalized spacial score (nSPS) is 13.3. The Morgan fingerprint density at radius 2 is 1.94 bits per heavy atom. The molecule has 0 aliphatic heterocycles. The zero-order chi connectivity index (χ0) is 13.2. The summed E-state index contributed by atoms with van der Waals surface area (Å²) >= 11 is 0. The lowest BCUT2D eigenvalue weighted by Gasteiger charge is -2.36. The molecule has 0 saturated heterocycles. The number of aromatic nitrogens is 1. The average molecular weight is 237 g/mol. The number of pyridine rings is 1. The summed E-state index contributed by atoms with van der Waals surface area (Å²) in [5.74, 6) is 1.36. The summed E-state index contributed by atoms with van der Waals surface area (Å²) in [6, 6.07) is 3.92. The van der Waals surface area contributed by atoms with Crippen LogP contribution >= 0.6 is 0 Å². The van der Waals surface area contributed by atoms with E-state index < -0.39 is 0 Å². The van der Waals surface area contributed by atoms with Gasteiger partial charge in [-0.2, -0.15) is 4.98 Å². The lowest BCUT2D eigenvalue weighted by Crippen LogP contribution is -2.40. The van der Waals surface area contributed by atoms with Gasteiger partial charge in [-0.15, -0.1) is 0 Å². The molecule has 0 aromatic carbocycles. The van der Waals surface area contributed by atoms with E-state index in [2.05, 4.69) is 37.6 Å². The molecule has 0 bridgehead atoms. The molecule has 96 valence electrons. The van der Waals surface area contributed by atoms with Crippen LogP contribution in [0.3, 0.4) is 0 Å². The third kappa shape index (κ3) is 3.02. The van der Waals surface area contributed by atoms with E-state index in [1.165, 1.54) is 0 Å². The lowest BCUT2D eigenvalue weighted by atomic mass is 9.87. The van der Waals surface area contributed by atoms with Gasteiger partial charge in [0.1, 0.15) is 0 Å². The molecular formula is C13H23N3O. The molecule has 4 nitrogen and oxygen atoms in total. The summed E-state index contributed by atoms with van der Waals surface area (Å²) < 4.78 is 5.13. The van der Waals surface area contributed by atoms with Crippen LogP contribution in [0.25, 0.3) is 0 Å². The van der Waals surface area contributed by atoms with E-state index in [4.69, 9.17) is 10.5 Å². The zero-order valence-corrected chi connectivity index (χ0v) is 11.6. The van der Waals surface area contributed by atoms with Crippen LogP contribution in [0.5, 0.6) is 5.88 Å². The van der Waals surface area contributed by atoms with Gasteiger partial charge in [0, 0.05) is 19.2 Å². The summed E-state index contributed by atoms with van der Waals surface area (Å²) in [7, 11) is 3.61. The van der Waals surface area contributed by atoms with E-state index in [1.807, 2.05) is 13.1 Å². The van der Waals surface area contributed by atoms with Crippen LogP contribution in [-0.2, 0) is 0 Å². The van der Waals surface area contributed by atoms with Crippen LogP contribution in [0.4, 0.5) is 11.5 Å². The van der Waals surface area contributed by atoms with Crippen LogP contribution in [0.2, 0.25) is 0 Å². The minimum Gasteiger partial charge on any atom is -0.481 e. The first-order valence-corrected chi connectivity index (χ1v) is 5.80. The second-order valence-corrected chi connectivity index (χ2v) is 5.42. The third-order valence-electron chi connectivity index (χ3n) is 3.26. The van der Waals surface area contributed by atoms with Gasteiger partial charge >= 0.3 is 0 Å². The molecule has 17 heavy (non-hydrogen) atoms. The molecule has 1 rings (SSSR count). The monoisotopic (exact) mass is 237 g/mol. The van der Waals surface area contributed by atoms with E-state index in [-0.39, 0.29) is 5.41 Å². The zero-order valence-electron chi connectivity index (χ0n) is 11.6. The van der Waals surface area contributed by atoms with Gasteiger partial charge in [-0.3, -0.25) is 0 Å². The van der Waals surface area contributed by atoms with Crippen LogP contribution in [0.1, 0.15) is 27.7 Å². The predicted octanol–water partition coefficient (Wildman–Crippen LogP) is 2.54. The number of hydrogen-bond donors (Lipinski definition) is 1. The molecule has 2 N–H and O–H groups in total. The van der Waals surface area contributed by atoms with Gasteiger partial charge in [-0.05, 0) is 18.4 Å². The summed E-state index contributed by atoms with van der Waals surface area (Å²) in [6.45, 7) is 8.76. The lowest BCUT2D eigenvalue weighted by molar-refractivity contribution is 0.327. The second-order valence-electron chi connectivity index (χ2n) is 5.42. The van der Waals surface area contributed by atoms with Crippen molar-refractivity contribution < 1.29 is 4.74 Å². The van der Waals surface area contributed by atoms with Gasteiger partial charge in [0.25, 0.3) is 0 Å². The quantitative estimate of drug-likeness (QED) is 0.877. The third-order valence-corrected chi connectivity index (χ3v) is 3.26. The smallest absolute Gasteiger partial charge is 0.215 e. The van der Waals surface area contributed by atoms with Crippen molar-refractivity contribution in [2.45, 2.75) is 33.7 Å². The fraction of sp³-hybridized carbons (Fsp3) is 0.615. The topological polar surface area (TPSA) is 51.4 Å². The maximum atomic E-state index is 5.97. The minimum atomic E-state index is 0.159.